The monoisotopic (exact) mass is 742 g/mol. The molecule has 0 saturated heterocycles. The summed E-state index contributed by atoms with van der Waals surface area (Å²) in [5, 5.41) is 14.4. The van der Waals surface area contributed by atoms with Crippen LogP contribution in [0.15, 0.2) is 191 Å². The van der Waals surface area contributed by atoms with E-state index in [0.29, 0.717) is 0 Å². The molecule has 0 unspecified atom stereocenters. The van der Waals surface area contributed by atoms with Crippen LogP contribution in [-0.2, 0) is 0 Å². The Morgan fingerprint density at radius 1 is 0.263 bits per heavy atom. The molecule has 3 heterocycles. The fraction of sp³-hybridized carbons (Fsp3) is 0. The number of fused-ring (bicyclic) bond motifs is 12. The fourth-order valence-corrected chi connectivity index (χ4v) is 10.5. The van der Waals surface area contributed by atoms with E-state index in [0.717, 1.165) is 49.3 Å². The Kier molecular flexibility index (Phi) is 6.35. The minimum absolute atomic E-state index is 0.875. The molecule has 0 atom stereocenters. The van der Waals surface area contributed by atoms with Crippen molar-refractivity contribution >= 4 is 108 Å². The highest BCUT2D eigenvalue weighted by molar-refractivity contribution is 7.25. The molecule has 13 rings (SSSR count). The average molecular weight is 743 g/mol. The van der Waals surface area contributed by atoms with Crippen LogP contribution in [0, 0.1) is 0 Å². The molecule has 0 aliphatic heterocycles. The zero-order chi connectivity index (χ0) is 37.2. The molecular weight excluding hydrogens is 713 g/mol. The molecule has 0 aliphatic rings. The lowest BCUT2D eigenvalue weighted by Gasteiger charge is -2.18. The molecule has 2 nitrogen and oxygen atoms in total. The lowest BCUT2D eigenvalue weighted by atomic mass is 9.85. The maximum atomic E-state index is 6.44. The summed E-state index contributed by atoms with van der Waals surface area (Å²) in [6.45, 7) is 0. The number of thiophene rings is 1. The van der Waals surface area contributed by atoms with Gasteiger partial charge in [-0.05, 0) is 120 Å². The van der Waals surface area contributed by atoms with Crippen LogP contribution < -0.4 is 0 Å². The van der Waals surface area contributed by atoms with Crippen LogP contribution >= 0.6 is 11.3 Å². The molecule has 0 radical (unpaired) electrons. The molecule has 0 amide bonds. The standard InChI is InChI=1S/C54H30O2S/c1-3-13-41-39(11-1)53(40-12-2-4-14-42(40)54(41)35-23-24-52-46(26-35)38-10-6-8-16-51(38)57-52)32-19-17-31(18-20-32)33-21-22-34-28-48-43(27-36(34)25-33)45-30-49-44(29-50(45)56-48)37-9-5-7-15-47(37)55-49/h1-30H. The van der Waals surface area contributed by atoms with Crippen molar-refractivity contribution in [1.82, 2.24) is 0 Å². The van der Waals surface area contributed by atoms with Crippen molar-refractivity contribution in [2.75, 3.05) is 0 Å². The van der Waals surface area contributed by atoms with Gasteiger partial charge in [0, 0.05) is 41.7 Å². The van der Waals surface area contributed by atoms with E-state index in [4.69, 9.17) is 8.83 Å². The van der Waals surface area contributed by atoms with Crippen LogP contribution in [-0.4, -0.2) is 0 Å². The lowest BCUT2D eigenvalue weighted by molar-refractivity contribution is 0.664. The first-order chi connectivity index (χ1) is 28.2. The predicted octanol–water partition coefficient (Wildman–Crippen LogP) is 16.3. The highest BCUT2D eigenvalue weighted by atomic mass is 32.1. The molecule has 0 bridgehead atoms. The first kappa shape index (κ1) is 31.1. The third kappa shape index (κ3) is 4.58. The Morgan fingerprint density at radius 3 is 1.51 bits per heavy atom. The van der Waals surface area contributed by atoms with E-state index in [1.165, 1.54) is 80.5 Å². The zero-order valence-electron chi connectivity index (χ0n) is 30.5. The Bertz CT molecular complexity index is 3750. The van der Waals surface area contributed by atoms with Crippen LogP contribution in [0.25, 0.3) is 130 Å². The highest BCUT2D eigenvalue weighted by Crippen LogP contribution is 2.46. The van der Waals surface area contributed by atoms with E-state index in [-0.39, 0.29) is 0 Å². The second kappa shape index (κ2) is 11.7. The van der Waals surface area contributed by atoms with Crippen molar-refractivity contribution in [3.63, 3.8) is 0 Å². The molecule has 3 aromatic heterocycles. The molecule has 0 fully saturated rings. The van der Waals surface area contributed by atoms with Crippen LogP contribution in [0.4, 0.5) is 0 Å². The van der Waals surface area contributed by atoms with Crippen LogP contribution in [0.2, 0.25) is 0 Å². The highest BCUT2D eigenvalue weighted by Gasteiger charge is 2.18. The molecule has 0 N–H and O–H groups in total. The molecular formula is C54H30O2S. The van der Waals surface area contributed by atoms with E-state index in [1.54, 1.807) is 0 Å². The predicted molar refractivity (Wildman–Crippen MR) is 243 cm³/mol. The Labute approximate surface area is 330 Å². The van der Waals surface area contributed by atoms with Gasteiger partial charge in [0.25, 0.3) is 0 Å². The number of para-hydroxylation sites is 1. The number of hydrogen-bond donors (Lipinski definition) is 0. The minimum atomic E-state index is 0.875. The fourth-order valence-electron chi connectivity index (χ4n) is 9.38. The minimum Gasteiger partial charge on any atom is -0.456 e. The molecule has 57 heavy (non-hydrogen) atoms. The molecule has 264 valence electrons. The number of furan rings is 2. The van der Waals surface area contributed by atoms with E-state index in [1.807, 2.05) is 29.5 Å². The third-order valence-electron chi connectivity index (χ3n) is 12.0. The maximum Gasteiger partial charge on any atom is 0.136 e. The normalized spacial score (nSPS) is 12.2. The van der Waals surface area contributed by atoms with Gasteiger partial charge in [0.15, 0.2) is 0 Å². The maximum absolute atomic E-state index is 6.44. The number of benzene rings is 10. The van der Waals surface area contributed by atoms with Gasteiger partial charge in [-0.15, -0.1) is 11.3 Å². The first-order valence-electron chi connectivity index (χ1n) is 19.4. The summed E-state index contributed by atoms with van der Waals surface area (Å²) in [5.74, 6) is 0. The quantitative estimate of drug-likeness (QED) is 0.169. The van der Waals surface area contributed by atoms with Gasteiger partial charge in [-0.1, -0.05) is 127 Å². The van der Waals surface area contributed by atoms with Crippen molar-refractivity contribution in [2.45, 2.75) is 0 Å². The SMILES string of the molecule is c1ccc2c(c1)oc1cc3c(cc12)oc1cc2ccc(-c4ccc(-c5c6ccccc6c(-c6ccc7sc8ccccc8c7c6)c6ccccc56)cc4)cc2cc13. The first-order valence-corrected chi connectivity index (χ1v) is 20.2. The topological polar surface area (TPSA) is 26.3 Å². The van der Waals surface area contributed by atoms with Gasteiger partial charge in [-0.3, -0.25) is 0 Å². The van der Waals surface area contributed by atoms with E-state index < -0.39 is 0 Å². The summed E-state index contributed by atoms with van der Waals surface area (Å²) >= 11 is 1.87. The summed E-state index contributed by atoms with van der Waals surface area (Å²) in [4.78, 5) is 0. The van der Waals surface area contributed by atoms with Gasteiger partial charge in [0.2, 0.25) is 0 Å². The largest absolute Gasteiger partial charge is 0.456 e. The lowest BCUT2D eigenvalue weighted by Crippen LogP contribution is -1.91. The summed E-state index contributed by atoms with van der Waals surface area (Å²) in [6, 6.07) is 66.3. The summed E-state index contributed by atoms with van der Waals surface area (Å²) < 4.78 is 15.3. The van der Waals surface area contributed by atoms with E-state index >= 15 is 0 Å². The molecule has 0 aliphatic carbocycles. The molecule has 0 saturated carbocycles. The van der Waals surface area contributed by atoms with Crippen molar-refractivity contribution < 1.29 is 8.83 Å². The van der Waals surface area contributed by atoms with Gasteiger partial charge in [-0.2, -0.15) is 0 Å². The molecule has 3 heteroatoms. The Hall–Kier alpha value is -7.20. The van der Waals surface area contributed by atoms with Crippen molar-refractivity contribution in [2.24, 2.45) is 0 Å². The van der Waals surface area contributed by atoms with Crippen LogP contribution in [0.5, 0.6) is 0 Å². The Morgan fingerprint density at radius 2 is 0.772 bits per heavy atom. The van der Waals surface area contributed by atoms with Crippen molar-refractivity contribution in [1.29, 1.82) is 0 Å². The number of hydrogen-bond acceptors (Lipinski definition) is 3. The van der Waals surface area contributed by atoms with Gasteiger partial charge in [-0.25, -0.2) is 0 Å². The van der Waals surface area contributed by atoms with Crippen LogP contribution in [0.3, 0.4) is 0 Å². The van der Waals surface area contributed by atoms with Gasteiger partial charge < -0.3 is 8.83 Å². The van der Waals surface area contributed by atoms with E-state index in [9.17, 15) is 0 Å². The second-order valence-electron chi connectivity index (χ2n) is 15.2. The average Bonchev–Trinajstić information content (AvgIpc) is 3.94. The van der Waals surface area contributed by atoms with E-state index in [2.05, 4.69) is 164 Å². The van der Waals surface area contributed by atoms with Gasteiger partial charge >= 0.3 is 0 Å². The van der Waals surface area contributed by atoms with Gasteiger partial charge in [0.05, 0.1) is 0 Å². The van der Waals surface area contributed by atoms with Gasteiger partial charge in [0.1, 0.15) is 22.3 Å². The molecule has 0 spiro atoms. The second-order valence-corrected chi connectivity index (χ2v) is 16.3. The van der Waals surface area contributed by atoms with Crippen LogP contribution in [0.1, 0.15) is 0 Å². The third-order valence-corrected chi connectivity index (χ3v) is 13.2. The Balaban J connectivity index is 0.928. The van der Waals surface area contributed by atoms with Crippen molar-refractivity contribution in [3.05, 3.63) is 182 Å². The molecule has 10 aromatic carbocycles. The zero-order valence-corrected chi connectivity index (χ0v) is 31.4. The summed E-state index contributed by atoms with van der Waals surface area (Å²) in [7, 11) is 0. The summed E-state index contributed by atoms with van der Waals surface area (Å²) in [5.41, 5.74) is 10.9. The smallest absolute Gasteiger partial charge is 0.136 e. The summed E-state index contributed by atoms with van der Waals surface area (Å²) in [6.07, 6.45) is 0. The van der Waals surface area contributed by atoms with Crippen molar-refractivity contribution in [3.8, 4) is 33.4 Å². The molecule has 13 aromatic rings. The number of rotatable bonds is 3.